The minimum Gasteiger partial charge on any atom is -0.370 e. The summed E-state index contributed by atoms with van der Waals surface area (Å²) < 4.78 is 27.5. The van der Waals surface area contributed by atoms with E-state index in [-0.39, 0.29) is 41.5 Å². The van der Waals surface area contributed by atoms with Gasteiger partial charge in [0.05, 0.1) is 6.54 Å². The number of nitrogens with two attached hydrogens (primary N) is 1. The van der Waals surface area contributed by atoms with E-state index in [9.17, 15) is 8.78 Å². The van der Waals surface area contributed by atoms with Crippen LogP contribution < -0.4 is 11.1 Å². The lowest BCUT2D eigenvalue weighted by molar-refractivity contribution is 0.273. The molecule has 1 heterocycles. The number of aliphatic imine (C=N–C) groups is 1. The monoisotopic (exact) mass is 450 g/mol. The van der Waals surface area contributed by atoms with Gasteiger partial charge in [-0.1, -0.05) is 13.0 Å². The van der Waals surface area contributed by atoms with E-state index in [1.165, 1.54) is 24.6 Å². The van der Waals surface area contributed by atoms with Crippen LogP contribution in [0.1, 0.15) is 37.7 Å². The number of halogens is 3. The van der Waals surface area contributed by atoms with Gasteiger partial charge in [0.15, 0.2) is 5.96 Å². The lowest BCUT2D eigenvalue weighted by Crippen LogP contribution is -2.37. The quantitative estimate of drug-likeness (QED) is 0.412. The molecule has 2 fully saturated rings. The number of hydrogen-bond acceptors (Lipinski definition) is 2. The highest BCUT2D eigenvalue weighted by Gasteiger charge is 2.42. The number of likely N-dealkylation sites (N-methyl/N-ethyl adjacent to an activating group) is 1. The van der Waals surface area contributed by atoms with E-state index in [2.05, 4.69) is 22.1 Å². The van der Waals surface area contributed by atoms with Crippen molar-refractivity contribution in [3.05, 3.63) is 35.4 Å². The van der Waals surface area contributed by atoms with E-state index in [4.69, 9.17) is 5.73 Å². The van der Waals surface area contributed by atoms with Gasteiger partial charge in [-0.2, -0.15) is 0 Å². The second kappa shape index (κ2) is 8.42. The van der Waals surface area contributed by atoms with Crippen LogP contribution in [0.2, 0.25) is 0 Å². The summed E-state index contributed by atoms with van der Waals surface area (Å²) in [6, 6.07) is 4.40. The molecule has 7 heteroatoms. The first-order valence-corrected chi connectivity index (χ1v) is 8.34. The molecule has 1 saturated carbocycles. The summed E-state index contributed by atoms with van der Waals surface area (Å²) in [7, 11) is 0. The lowest BCUT2D eigenvalue weighted by Gasteiger charge is -2.21. The van der Waals surface area contributed by atoms with E-state index in [0.717, 1.165) is 19.5 Å². The average Bonchev–Trinajstić information content (AvgIpc) is 3.10. The van der Waals surface area contributed by atoms with Crippen LogP contribution in [0.15, 0.2) is 23.2 Å². The molecule has 1 aromatic carbocycles. The van der Waals surface area contributed by atoms with Gasteiger partial charge in [0, 0.05) is 23.6 Å². The van der Waals surface area contributed by atoms with Crippen LogP contribution in [0.4, 0.5) is 8.78 Å². The molecule has 0 radical (unpaired) electrons. The van der Waals surface area contributed by atoms with E-state index in [1.807, 2.05) is 0 Å². The molecule has 0 amide bonds. The molecule has 0 bridgehead atoms. The Morgan fingerprint density at radius 1 is 1.38 bits per heavy atom. The van der Waals surface area contributed by atoms with Crippen LogP contribution in [0.3, 0.4) is 0 Å². The van der Waals surface area contributed by atoms with Gasteiger partial charge in [-0.25, -0.2) is 8.78 Å². The van der Waals surface area contributed by atoms with Crippen molar-refractivity contribution in [1.82, 2.24) is 10.2 Å². The van der Waals surface area contributed by atoms with Crippen LogP contribution in [-0.4, -0.2) is 42.6 Å². The van der Waals surface area contributed by atoms with Gasteiger partial charge in [-0.3, -0.25) is 9.89 Å². The summed E-state index contributed by atoms with van der Waals surface area (Å²) in [5, 5.41) is 3.09. The highest BCUT2D eigenvalue weighted by Crippen LogP contribution is 2.42. The van der Waals surface area contributed by atoms with Crippen molar-refractivity contribution < 1.29 is 8.78 Å². The summed E-state index contributed by atoms with van der Waals surface area (Å²) >= 11 is 0. The maximum absolute atomic E-state index is 13.8. The van der Waals surface area contributed by atoms with Gasteiger partial charge < -0.3 is 11.1 Å². The Bertz CT molecular complexity index is 576. The minimum atomic E-state index is -0.487. The van der Waals surface area contributed by atoms with Gasteiger partial charge in [0.2, 0.25) is 0 Å². The highest BCUT2D eigenvalue weighted by molar-refractivity contribution is 14.0. The molecule has 2 aliphatic rings. The van der Waals surface area contributed by atoms with Crippen molar-refractivity contribution >= 4 is 29.9 Å². The van der Waals surface area contributed by atoms with Crippen LogP contribution in [0, 0.1) is 11.6 Å². The Hall–Kier alpha value is -0.960. The molecule has 1 aliphatic carbocycles. The lowest BCUT2D eigenvalue weighted by atomic mass is 10.1. The summed E-state index contributed by atoms with van der Waals surface area (Å²) in [5.41, 5.74) is 6.09. The molecule has 4 nitrogen and oxygen atoms in total. The first-order chi connectivity index (χ1) is 11.1. The summed E-state index contributed by atoms with van der Waals surface area (Å²) in [4.78, 5) is 6.82. The number of likely N-dealkylation sites (tertiary alicyclic amines) is 1. The van der Waals surface area contributed by atoms with Gasteiger partial charge in [-0.05, 0) is 44.5 Å². The Labute approximate surface area is 158 Å². The van der Waals surface area contributed by atoms with Crippen LogP contribution in [0.5, 0.6) is 0 Å². The molecule has 24 heavy (non-hydrogen) atoms. The Morgan fingerprint density at radius 3 is 2.75 bits per heavy atom. The van der Waals surface area contributed by atoms with E-state index in [1.54, 1.807) is 0 Å². The SMILES string of the molecule is CCN1CCCC1CN=C(N)NC1CC1c1c(F)cccc1F.I. The van der Waals surface area contributed by atoms with E-state index in [0.29, 0.717) is 25.0 Å². The van der Waals surface area contributed by atoms with Gasteiger partial charge in [-0.15, -0.1) is 24.0 Å². The van der Waals surface area contributed by atoms with Crippen molar-refractivity contribution in [3.63, 3.8) is 0 Å². The number of nitrogens with one attached hydrogen (secondary N) is 1. The zero-order valence-corrected chi connectivity index (χ0v) is 16.2. The largest absolute Gasteiger partial charge is 0.370 e. The number of hydrogen-bond donors (Lipinski definition) is 2. The predicted molar refractivity (Wildman–Crippen MR) is 103 cm³/mol. The predicted octanol–water partition coefficient (Wildman–Crippen LogP) is 2.83. The third-order valence-corrected chi connectivity index (χ3v) is 4.87. The minimum absolute atomic E-state index is 0. The normalized spacial score (nSPS) is 27.0. The summed E-state index contributed by atoms with van der Waals surface area (Å²) in [6.45, 7) is 4.99. The molecule has 0 aromatic heterocycles. The van der Waals surface area contributed by atoms with Crippen molar-refractivity contribution in [2.24, 2.45) is 10.7 Å². The summed E-state index contributed by atoms with van der Waals surface area (Å²) in [6.07, 6.45) is 3.04. The molecule has 1 aromatic rings. The molecule has 1 aliphatic heterocycles. The van der Waals surface area contributed by atoms with Crippen molar-refractivity contribution in [2.75, 3.05) is 19.6 Å². The third kappa shape index (κ3) is 4.36. The van der Waals surface area contributed by atoms with Gasteiger partial charge in [0.25, 0.3) is 0 Å². The van der Waals surface area contributed by atoms with E-state index >= 15 is 0 Å². The number of benzene rings is 1. The fraction of sp³-hybridized carbons (Fsp3) is 0.588. The molecule has 3 unspecified atom stereocenters. The Morgan fingerprint density at radius 2 is 2.08 bits per heavy atom. The van der Waals surface area contributed by atoms with Crippen LogP contribution >= 0.6 is 24.0 Å². The standard InChI is InChI=1S/C17H24F2N4.HI/c1-2-23-8-4-5-11(23)10-21-17(20)22-15-9-12(15)16-13(18)6-3-7-14(16)19;/h3,6-7,11-12,15H,2,4-5,8-10H2,1H3,(H3,20,21,22);1H. The second-order valence-corrected chi connectivity index (χ2v) is 6.38. The highest BCUT2D eigenvalue weighted by atomic mass is 127. The molecular formula is C17H25F2IN4. The molecule has 134 valence electrons. The van der Waals surface area contributed by atoms with Gasteiger partial charge >= 0.3 is 0 Å². The van der Waals surface area contributed by atoms with Crippen molar-refractivity contribution in [3.8, 4) is 0 Å². The average molecular weight is 450 g/mol. The maximum atomic E-state index is 13.8. The van der Waals surface area contributed by atoms with Crippen molar-refractivity contribution in [1.29, 1.82) is 0 Å². The topological polar surface area (TPSA) is 53.6 Å². The maximum Gasteiger partial charge on any atom is 0.188 e. The summed E-state index contributed by atoms with van der Waals surface area (Å²) in [5.74, 6) is -0.764. The molecular weight excluding hydrogens is 425 g/mol. The fourth-order valence-corrected chi connectivity index (χ4v) is 3.50. The number of rotatable bonds is 5. The zero-order chi connectivity index (χ0) is 16.4. The molecule has 1 saturated heterocycles. The molecule has 0 spiro atoms. The first-order valence-electron chi connectivity index (χ1n) is 8.34. The fourth-order valence-electron chi connectivity index (χ4n) is 3.50. The van der Waals surface area contributed by atoms with Gasteiger partial charge in [0.1, 0.15) is 11.6 Å². The van der Waals surface area contributed by atoms with E-state index < -0.39 is 11.6 Å². The number of guanidine groups is 1. The van der Waals surface area contributed by atoms with Crippen LogP contribution in [0.25, 0.3) is 0 Å². The molecule has 3 N–H and O–H groups in total. The third-order valence-electron chi connectivity index (χ3n) is 4.87. The van der Waals surface area contributed by atoms with Crippen molar-refractivity contribution in [2.45, 2.75) is 44.2 Å². The zero-order valence-electron chi connectivity index (χ0n) is 13.8. The molecule has 3 rings (SSSR count). The smallest absolute Gasteiger partial charge is 0.188 e. The first kappa shape index (κ1) is 19.4. The van der Waals surface area contributed by atoms with Crippen LogP contribution in [-0.2, 0) is 0 Å². The second-order valence-electron chi connectivity index (χ2n) is 6.38. The number of nitrogens with zero attached hydrogens (tertiary/aromatic N) is 2. The Kier molecular flexibility index (Phi) is 6.79. The molecule has 3 atom stereocenters. The Balaban J connectivity index is 0.00000208.